The Kier molecular flexibility index (Phi) is 3.32. The number of fused-ring (bicyclic) bond motifs is 1. The molecule has 0 aromatic heterocycles. The van der Waals surface area contributed by atoms with E-state index in [0.29, 0.717) is 0 Å². The summed E-state index contributed by atoms with van der Waals surface area (Å²) in [6, 6.07) is -1.78. The fourth-order valence-corrected chi connectivity index (χ4v) is 2.94. The first kappa shape index (κ1) is 15.2. The third-order valence-corrected chi connectivity index (χ3v) is 4.34. The van der Waals surface area contributed by atoms with E-state index in [1.807, 2.05) is 0 Å². The highest BCUT2D eigenvalue weighted by atomic mass is 19.3. The first-order chi connectivity index (χ1) is 8.98. The molecule has 20 heavy (non-hydrogen) atoms. The SMILES string of the molecule is CC(C)(C)[C@H](N)C(=O)N1C[C@H]2[C@@H]([C@H]1CC(=O)O)C2(F)F. The Hall–Kier alpha value is -1.24. The van der Waals surface area contributed by atoms with Crippen molar-refractivity contribution < 1.29 is 23.5 Å². The van der Waals surface area contributed by atoms with Crippen molar-refractivity contribution in [2.75, 3.05) is 6.54 Å². The van der Waals surface area contributed by atoms with Gasteiger partial charge in [-0.05, 0) is 5.41 Å². The van der Waals surface area contributed by atoms with Gasteiger partial charge in [-0.1, -0.05) is 20.8 Å². The summed E-state index contributed by atoms with van der Waals surface area (Å²) in [7, 11) is 0. The van der Waals surface area contributed by atoms with Crippen LogP contribution in [0.4, 0.5) is 8.78 Å². The van der Waals surface area contributed by atoms with Gasteiger partial charge >= 0.3 is 5.97 Å². The van der Waals surface area contributed by atoms with Gasteiger partial charge in [0.2, 0.25) is 5.91 Å². The number of hydrogen-bond acceptors (Lipinski definition) is 3. The van der Waals surface area contributed by atoms with Crippen LogP contribution in [0.15, 0.2) is 0 Å². The van der Waals surface area contributed by atoms with Gasteiger partial charge in [0, 0.05) is 6.54 Å². The number of carbonyl (C=O) groups excluding carboxylic acids is 1. The number of halogens is 2. The molecule has 1 aliphatic carbocycles. The predicted molar refractivity (Wildman–Crippen MR) is 67.1 cm³/mol. The maximum Gasteiger partial charge on any atom is 0.305 e. The van der Waals surface area contributed by atoms with E-state index in [-0.39, 0.29) is 6.54 Å². The molecule has 1 aliphatic heterocycles. The number of likely N-dealkylation sites (tertiary alicyclic amines) is 1. The van der Waals surface area contributed by atoms with E-state index in [2.05, 4.69) is 0 Å². The summed E-state index contributed by atoms with van der Waals surface area (Å²) in [6.45, 7) is 5.26. The van der Waals surface area contributed by atoms with Gasteiger partial charge in [0.05, 0.1) is 30.3 Å². The third-order valence-electron chi connectivity index (χ3n) is 4.34. The van der Waals surface area contributed by atoms with Gasteiger partial charge in [0.1, 0.15) is 0 Å². The molecule has 0 radical (unpaired) electrons. The second-order valence-corrected chi connectivity index (χ2v) is 6.81. The number of piperidine rings is 1. The Bertz CT molecular complexity index is 447. The molecule has 3 N–H and O–H groups in total. The first-order valence-electron chi connectivity index (χ1n) is 6.63. The topological polar surface area (TPSA) is 83.6 Å². The molecule has 114 valence electrons. The van der Waals surface area contributed by atoms with E-state index in [9.17, 15) is 18.4 Å². The van der Waals surface area contributed by atoms with Gasteiger partial charge in [-0.25, -0.2) is 8.78 Å². The van der Waals surface area contributed by atoms with Gasteiger partial charge < -0.3 is 15.7 Å². The average Bonchev–Trinajstić information content (AvgIpc) is 2.66. The summed E-state index contributed by atoms with van der Waals surface area (Å²) >= 11 is 0. The molecule has 0 aromatic rings. The average molecular weight is 290 g/mol. The Morgan fingerprint density at radius 2 is 2.00 bits per heavy atom. The minimum absolute atomic E-state index is 0.0990. The van der Waals surface area contributed by atoms with Crippen LogP contribution < -0.4 is 5.73 Å². The number of hydrogen-bond donors (Lipinski definition) is 2. The van der Waals surface area contributed by atoms with E-state index >= 15 is 0 Å². The highest BCUT2D eigenvalue weighted by Gasteiger charge is 2.76. The second-order valence-electron chi connectivity index (χ2n) is 6.81. The van der Waals surface area contributed by atoms with Crippen molar-refractivity contribution in [1.29, 1.82) is 0 Å². The normalized spacial score (nSPS) is 32.7. The predicted octanol–water partition coefficient (Wildman–Crippen LogP) is 0.927. The third kappa shape index (κ3) is 2.28. The van der Waals surface area contributed by atoms with Crippen LogP contribution in [0.25, 0.3) is 0 Å². The van der Waals surface area contributed by atoms with Crippen LogP contribution in [0, 0.1) is 17.3 Å². The van der Waals surface area contributed by atoms with Crippen LogP contribution in [0.5, 0.6) is 0 Å². The fourth-order valence-electron chi connectivity index (χ4n) is 2.94. The number of rotatable bonds is 3. The number of carboxylic acid groups (broad SMARTS) is 1. The molecule has 1 saturated heterocycles. The largest absolute Gasteiger partial charge is 0.481 e. The Morgan fingerprint density at radius 1 is 1.45 bits per heavy atom. The molecule has 0 unspecified atom stereocenters. The molecule has 2 aliphatic rings. The highest BCUT2D eigenvalue weighted by Crippen LogP contribution is 2.62. The minimum Gasteiger partial charge on any atom is -0.481 e. The van der Waals surface area contributed by atoms with Crippen molar-refractivity contribution >= 4 is 11.9 Å². The molecule has 1 heterocycles. The van der Waals surface area contributed by atoms with Gasteiger partial charge in [0.25, 0.3) is 5.92 Å². The zero-order valence-electron chi connectivity index (χ0n) is 11.8. The van der Waals surface area contributed by atoms with Crippen LogP contribution in [0.2, 0.25) is 0 Å². The maximum absolute atomic E-state index is 13.5. The maximum atomic E-state index is 13.5. The second kappa shape index (κ2) is 4.38. The molecule has 0 spiro atoms. The Labute approximate surface area is 116 Å². The number of carbonyl (C=O) groups is 2. The number of aliphatic carboxylic acids is 1. The van der Waals surface area contributed by atoms with Crippen molar-refractivity contribution in [2.24, 2.45) is 23.0 Å². The van der Waals surface area contributed by atoms with E-state index in [4.69, 9.17) is 10.8 Å². The first-order valence-corrected chi connectivity index (χ1v) is 6.63. The molecule has 4 atom stereocenters. The molecular formula is C13H20F2N2O3. The van der Waals surface area contributed by atoms with Gasteiger partial charge in [-0.2, -0.15) is 0 Å². The summed E-state index contributed by atoms with van der Waals surface area (Å²) in [5, 5.41) is 8.86. The Morgan fingerprint density at radius 3 is 2.45 bits per heavy atom. The molecule has 1 amide bonds. The van der Waals surface area contributed by atoms with Crippen molar-refractivity contribution in [3.8, 4) is 0 Å². The summed E-state index contributed by atoms with van der Waals surface area (Å²) in [6.07, 6.45) is -0.459. The lowest BCUT2D eigenvalue weighted by Gasteiger charge is -2.34. The van der Waals surface area contributed by atoms with Crippen molar-refractivity contribution in [2.45, 2.75) is 45.2 Å². The zero-order chi connectivity index (χ0) is 15.5. The zero-order valence-corrected chi connectivity index (χ0v) is 11.8. The molecule has 2 rings (SSSR count). The molecule has 7 heteroatoms. The summed E-state index contributed by atoms with van der Waals surface area (Å²) in [4.78, 5) is 24.4. The molecular weight excluding hydrogens is 270 g/mol. The fraction of sp³-hybridized carbons (Fsp3) is 0.846. The molecule has 2 fully saturated rings. The summed E-state index contributed by atoms with van der Waals surface area (Å²) < 4.78 is 26.9. The van der Waals surface area contributed by atoms with Crippen molar-refractivity contribution in [3.05, 3.63) is 0 Å². The molecule has 5 nitrogen and oxygen atoms in total. The van der Waals surface area contributed by atoms with Crippen LogP contribution in [0.1, 0.15) is 27.2 Å². The van der Waals surface area contributed by atoms with Crippen molar-refractivity contribution in [1.82, 2.24) is 4.90 Å². The van der Waals surface area contributed by atoms with E-state index in [0.717, 1.165) is 0 Å². The van der Waals surface area contributed by atoms with E-state index < -0.39 is 53.6 Å². The smallest absolute Gasteiger partial charge is 0.305 e. The lowest BCUT2D eigenvalue weighted by Crippen LogP contribution is -2.54. The van der Waals surface area contributed by atoms with Gasteiger partial charge in [0.15, 0.2) is 0 Å². The number of amides is 1. The summed E-state index contributed by atoms with van der Waals surface area (Å²) in [5.74, 6) is -6.41. The number of alkyl halides is 2. The van der Waals surface area contributed by atoms with E-state index in [1.165, 1.54) is 4.90 Å². The summed E-state index contributed by atoms with van der Waals surface area (Å²) in [5.41, 5.74) is 5.37. The highest BCUT2D eigenvalue weighted by molar-refractivity contribution is 5.84. The van der Waals surface area contributed by atoms with Crippen LogP contribution in [-0.2, 0) is 9.59 Å². The number of nitrogens with zero attached hydrogens (tertiary/aromatic N) is 1. The monoisotopic (exact) mass is 290 g/mol. The lowest BCUT2D eigenvalue weighted by molar-refractivity contribution is -0.143. The quantitative estimate of drug-likeness (QED) is 0.810. The Balaban J connectivity index is 2.16. The van der Waals surface area contributed by atoms with Crippen LogP contribution >= 0.6 is 0 Å². The van der Waals surface area contributed by atoms with Gasteiger partial charge in [-0.15, -0.1) is 0 Å². The molecule has 0 aromatic carbocycles. The minimum atomic E-state index is -2.84. The van der Waals surface area contributed by atoms with Gasteiger partial charge in [-0.3, -0.25) is 9.59 Å². The number of nitrogens with two attached hydrogens (primary N) is 1. The van der Waals surface area contributed by atoms with Crippen molar-refractivity contribution in [3.63, 3.8) is 0 Å². The lowest BCUT2D eigenvalue weighted by atomic mass is 9.86. The molecule has 1 saturated carbocycles. The van der Waals surface area contributed by atoms with Crippen LogP contribution in [0.3, 0.4) is 0 Å². The standard InChI is InChI=1S/C13H20F2N2O3/c1-12(2,3)10(16)11(20)17-5-6-9(13(6,14)15)7(17)4-8(18)19/h6-7,9-10H,4-5,16H2,1-3H3,(H,18,19)/t6-,7+,9-,10+/m0/s1. The van der Waals surface area contributed by atoms with E-state index in [1.54, 1.807) is 20.8 Å². The number of carboxylic acids is 1. The molecule has 0 bridgehead atoms. The van der Waals surface area contributed by atoms with Crippen LogP contribution in [-0.4, -0.2) is 46.4 Å².